The second-order valence-electron chi connectivity index (χ2n) is 3.87. The smallest absolute Gasteiger partial charge is 0.266 e. The Morgan fingerprint density at radius 2 is 2.29 bits per heavy atom. The van der Waals surface area contributed by atoms with Gasteiger partial charge in [-0.05, 0) is 37.0 Å². The molecule has 0 aliphatic heterocycles. The first-order valence-corrected chi connectivity index (χ1v) is 6.37. The van der Waals surface area contributed by atoms with Crippen molar-refractivity contribution >= 4 is 11.3 Å². The monoisotopic (exact) mass is 249 g/mol. The van der Waals surface area contributed by atoms with Gasteiger partial charge in [0.15, 0.2) is 0 Å². The molecule has 17 heavy (non-hydrogen) atoms. The highest BCUT2D eigenvalue weighted by Crippen LogP contribution is 2.24. The molecule has 0 fully saturated rings. The molecule has 0 aliphatic carbocycles. The van der Waals surface area contributed by atoms with Crippen LogP contribution < -0.4 is 10.9 Å². The molecule has 0 aliphatic rings. The Labute approximate surface area is 104 Å². The minimum absolute atomic E-state index is 0.0581. The molecule has 0 atom stereocenters. The molecule has 1 N–H and O–H groups in total. The van der Waals surface area contributed by atoms with Crippen LogP contribution in [0.25, 0.3) is 10.6 Å². The summed E-state index contributed by atoms with van der Waals surface area (Å²) in [6.45, 7) is 3.38. The standard InChI is InChI=1S/C12H15N3OS/c1-9-7-11(17-8-9)10-3-4-12(16)15(14-10)6-5-13-2/h3-4,7-8,13H,5-6H2,1-2H3. The SMILES string of the molecule is CNCCn1nc(-c2cc(C)cs2)ccc1=O. The molecular formula is C12H15N3OS. The lowest BCUT2D eigenvalue weighted by Crippen LogP contribution is -2.27. The van der Waals surface area contributed by atoms with Crippen LogP contribution >= 0.6 is 11.3 Å². The van der Waals surface area contributed by atoms with Crippen molar-refractivity contribution in [2.24, 2.45) is 0 Å². The Bertz CT molecular complexity index is 559. The Morgan fingerprint density at radius 1 is 1.47 bits per heavy atom. The summed E-state index contributed by atoms with van der Waals surface area (Å²) in [7, 11) is 1.86. The fourth-order valence-corrected chi connectivity index (χ4v) is 2.39. The first-order valence-electron chi connectivity index (χ1n) is 5.49. The summed E-state index contributed by atoms with van der Waals surface area (Å²) >= 11 is 1.65. The maximum atomic E-state index is 11.6. The number of hydrogen-bond donors (Lipinski definition) is 1. The van der Waals surface area contributed by atoms with Gasteiger partial charge in [-0.2, -0.15) is 5.10 Å². The minimum atomic E-state index is -0.0581. The van der Waals surface area contributed by atoms with Crippen LogP contribution in [0.1, 0.15) is 5.56 Å². The van der Waals surface area contributed by atoms with E-state index < -0.39 is 0 Å². The first kappa shape index (κ1) is 12.0. The maximum absolute atomic E-state index is 11.6. The lowest BCUT2D eigenvalue weighted by Gasteiger charge is -2.05. The molecule has 0 saturated carbocycles. The second-order valence-corrected chi connectivity index (χ2v) is 4.78. The number of rotatable bonds is 4. The molecule has 0 bridgehead atoms. The van der Waals surface area contributed by atoms with Crippen LogP contribution in [0, 0.1) is 6.92 Å². The van der Waals surface area contributed by atoms with Crippen molar-refractivity contribution in [1.82, 2.24) is 15.1 Å². The van der Waals surface area contributed by atoms with Gasteiger partial charge in [0.25, 0.3) is 5.56 Å². The van der Waals surface area contributed by atoms with E-state index in [-0.39, 0.29) is 5.56 Å². The normalized spacial score (nSPS) is 10.7. The van der Waals surface area contributed by atoms with E-state index in [2.05, 4.69) is 28.8 Å². The number of aromatic nitrogens is 2. The fourth-order valence-electron chi connectivity index (χ4n) is 1.52. The zero-order valence-corrected chi connectivity index (χ0v) is 10.8. The van der Waals surface area contributed by atoms with Gasteiger partial charge in [0.2, 0.25) is 0 Å². The number of nitrogens with zero attached hydrogens (tertiary/aromatic N) is 2. The predicted octanol–water partition coefficient (Wildman–Crippen LogP) is 1.50. The highest BCUT2D eigenvalue weighted by Gasteiger charge is 2.04. The van der Waals surface area contributed by atoms with Crippen molar-refractivity contribution in [2.75, 3.05) is 13.6 Å². The molecule has 2 rings (SSSR count). The number of hydrogen-bond acceptors (Lipinski definition) is 4. The van der Waals surface area contributed by atoms with Crippen molar-refractivity contribution in [3.63, 3.8) is 0 Å². The van der Waals surface area contributed by atoms with E-state index in [0.717, 1.165) is 17.1 Å². The Morgan fingerprint density at radius 3 is 2.94 bits per heavy atom. The third-order valence-electron chi connectivity index (χ3n) is 2.42. The van der Waals surface area contributed by atoms with Crippen molar-refractivity contribution in [1.29, 1.82) is 0 Å². The molecular weight excluding hydrogens is 234 g/mol. The molecule has 0 unspecified atom stereocenters. The molecule has 0 spiro atoms. The van der Waals surface area contributed by atoms with E-state index in [1.807, 2.05) is 7.05 Å². The molecule has 2 aromatic rings. The van der Waals surface area contributed by atoms with Gasteiger partial charge >= 0.3 is 0 Å². The zero-order chi connectivity index (χ0) is 12.3. The molecule has 5 heteroatoms. The Kier molecular flexibility index (Phi) is 3.71. The van der Waals surface area contributed by atoms with Gasteiger partial charge in [-0.3, -0.25) is 4.79 Å². The summed E-state index contributed by atoms with van der Waals surface area (Å²) in [4.78, 5) is 12.7. The Hall–Kier alpha value is -1.46. The van der Waals surface area contributed by atoms with Gasteiger partial charge < -0.3 is 5.32 Å². The summed E-state index contributed by atoms with van der Waals surface area (Å²) < 4.78 is 1.50. The minimum Gasteiger partial charge on any atom is -0.318 e. The van der Waals surface area contributed by atoms with E-state index in [1.165, 1.54) is 10.2 Å². The number of nitrogens with one attached hydrogen (secondary N) is 1. The molecule has 0 saturated heterocycles. The topological polar surface area (TPSA) is 46.9 Å². The molecule has 2 heterocycles. The predicted molar refractivity (Wildman–Crippen MR) is 70.5 cm³/mol. The molecule has 2 aromatic heterocycles. The molecule has 0 radical (unpaired) electrons. The van der Waals surface area contributed by atoms with Crippen molar-refractivity contribution < 1.29 is 0 Å². The van der Waals surface area contributed by atoms with Crippen LogP contribution in [0.2, 0.25) is 0 Å². The van der Waals surface area contributed by atoms with Crippen LogP contribution in [0.5, 0.6) is 0 Å². The van der Waals surface area contributed by atoms with E-state index in [9.17, 15) is 4.79 Å². The average molecular weight is 249 g/mol. The van der Waals surface area contributed by atoms with Crippen LogP contribution in [-0.2, 0) is 6.54 Å². The summed E-state index contributed by atoms with van der Waals surface area (Å²) in [5.41, 5.74) is 2.02. The second kappa shape index (κ2) is 5.25. The van der Waals surface area contributed by atoms with Crippen LogP contribution in [0.4, 0.5) is 0 Å². The zero-order valence-electron chi connectivity index (χ0n) is 9.93. The first-order chi connectivity index (χ1) is 8.20. The lowest BCUT2D eigenvalue weighted by atomic mass is 10.3. The highest BCUT2D eigenvalue weighted by atomic mass is 32.1. The number of thiophene rings is 1. The summed E-state index contributed by atoms with van der Waals surface area (Å²) in [6, 6.07) is 5.44. The van der Waals surface area contributed by atoms with E-state index >= 15 is 0 Å². The van der Waals surface area contributed by atoms with Gasteiger partial charge in [-0.25, -0.2) is 4.68 Å². The summed E-state index contributed by atoms with van der Waals surface area (Å²) in [6.07, 6.45) is 0. The van der Waals surface area contributed by atoms with E-state index in [0.29, 0.717) is 6.54 Å². The lowest BCUT2D eigenvalue weighted by molar-refractivity contribution is 0.558. The largest absolute Gasteiger partial charge is 0.318 e. The molecule has 4 nitrogen and oxygen atoms in total. The average Bonchev–Trinajstić information content (AvgIpc) is 2.75. The van der Waals surface area contributed by atoms with Crippen molar-refractivity contribution in [3.05, 3.63) is 39.5 Å². The third-order valence-corrected chi connectivity index (χ3v) is 3.49. The van der Waals surface area contributed by atoms with E-state index in [4.69, 9.17) is 0 Å². The molecule has 0 amide bonds. The number of aryl methyl sites for hydroxylation is 1. The Balaban J connectivity index is 2.33. The molecule has 90 valence electrons. The third kappa shape index (κ3) is 2.81. The van der Waals surface area contributed by atoms with E-state index in [1.54, 1.807) is 23.5 Å². The quantitative estimate of drug-likeness (QED) is 0.893. The maximum Gasteiger partial charge on any atom is 0.266 e. The van der Waals surface area contributed by atoms with Gasteiger partial charge in [0.05, 0.1) is 11.4 Å². The van der Waals surface area contributed by atoms with Crippen LogP contribution in [0.3, 0.4) is 0 Å². The van der Waals surface area contributed by atoms with Gasteiger partial charge in [-0.1, -0.05) is 0 Å². The van der Waals surface area contributed by atoms with Gasteiger partial charge in [0.1, 0.15) is 5.69 Å². The van der Waals surface area contributed by atoms with Crippen LogP contribution in [-0.4, -0.2) is 23.4 Å². The van der Waals surface area contributed by atoms with Crippen molar-refractivity contribution in [2.45, 2.75) is 13.5 Å². The molecule has 0 aromatic carbocycles. The highest BCUT2D eigenvalue weighted by molar-refractivity contribution is 7.13. The van der Waals surface area contributed by atoms with Crippen LogP contribution in [0.15, 0.2) is 28.4 Å². The summed E-state index contributed by atoms with van der Waals surface area (Å²) in [5, 5.41) is 9.46. The van der Waals surface area contributed by atoms with Crippen molar-refractivity contribution in [3.8, 4) is 10.6 Å². The summed E-state index contributed by atoms with van der Waals surface area (Å²) in [5.74, 6) is 0. The fraction of sp³-hybridized carbons (Fsp3) is 0.333. The number of likely N-dealkylation sites (N-methyl/N-ethyl adjacent to an activating group) is 1. The van der Waals surface area contributed by atoms with Gasteiger partial charge in [0, 0.05) is 12.6 Å². The van der Waals surface area contributed by atoms with Gasteiger partial charge in [-0.15, -0.1) is 11.3 Å².